The van der Waals surface area contributed by atoms with Crippen LogP contribution >= 0.6 is 0 Å². The molecule has 2 amide bonds. The zero-order valence-electron chi connectivity index (χ0n) is 19.4. The number of benzene rings is 1. The van der Waals surface area contributed by atoms with Gasteiger partial charge in [0.05, 0.1) is 25.3 Å². The van der Waals surface area contributed by atoms with Gasteiger partial charge in [0.15, 0.2) is 0 Å². The molecule has 1 aliphatic heterocycles. The molecule has 1 saturated carbocycles. The fourth-order valence-electron chi connectivity index (χ4n) is 4.91. The van der Waals surface area contributed by atoms with Crippen molar-refractivity contribution in [2.75, 3.05) is 39.4 Å². The van der Waals surface area contributed by atoms with Crippen molar-refractivity contribution in [2.45, 2.75) is 58.5 Å². The number of aromatic nitrogens is 1. The number of hydrogen-bond donors (Lipinski definition) is 2. The number of pyridine rings is 1. The van der Waals surface area contributed by atoms with Crippen molar-refractivity contribution < 1.29 is 9.53 Å². The predicted octanol–water partition coefficient (Wildman–Crippen LogP) is 3.32. The summed E-state index contributed by atoms with van der Waals surface area (Å²) in [6.45, 7) is 8.98. The molecule has 0 atom stereocenters. The van der Waals surface area contributed by atoms with Crippen LogP contribution in [0.5, 0.6) is 0 Å². The number of ether oxygens (including phenoxy) is 1. The number of morpholine rings is 1. The molecule has 7 nitrogen and oxygen atoms in total. The molecule has 2 heterocycles. The average Bonchev–Trinajstić information content (AvgIpc) is 2.78. The standard InChI is InChI=1S/C25H36N4O3/c1-18-14-19(2)23-20(15-18)16-21(24(30)27-23)17-29(9-8-28-10-12-32-13-11-28)25(31)26-22-6-4-3-5-7-22/h14-16,22H,3-13,17H2,1-2H3,(H,26,31)(H,27,30). The second-order valence-corrected chi connectivity index (χ2v) is 9.33. The summed E-state index contributed by atoms with van der Waals surface area (Å²) in [5, 5.41) is 4.25. The minimum absolute atomic E-state index is 0.0647. The van der Waals surface area contributed by atoms with Gasteiger partial charge in [-0.3, -0.25) is 9.69 Å². The monoisotopic (exact) mass is 440 g/mol. The van der Waals surface area contributed by atoms with Crippen LogP contribution in [0.4, 0.5) is 4.79 Å². The van der Waals surface area contributed by atoms with E-state index in [0.29, 0.717) is 18.7 Å². The van der Waals surface area contributed by atoms with E-state index in [2.05, 4.69) is 34.3 Å². The van der Waals surface area contributed by atoms with Crippen molar-refractivity contribution in [3.8, 4) is 0 Å². The Hall–Kier alpha value is -2.38. The number of carbonyl (C=O) groups excluding carboxylic acids is 1. The first kappa shape index (κ1) is 22.8. The Labute approximate surface area is 190 Å². The molecule has 2 aliphatic rings. The molecular weight excluding hydrogens is 404 g/mol. The first-order valence-corrected chi connectivity index (χ1v) is 12.0. The molecule has 0 radical (unpaired) electrons. The van der Waals surface area contributed by atoms with Crippen molar-refractivity contribution in [3.63, 3.8) is 0 Å². The van der Waals surface area contributed by atoms with Crippen LogP contribution in [0.25, 0.3) is 10.9 Å². The van der Waals surface area contributed by atoms with Crippen LogP contribution in [0, 0.1) is 13.8 Å². The number of fused-ring (bicyclic) bond motifs is 1. The summed E-state index contributed by atoms with van der Waals surface area (Å²) >= 11 is 0. The van der Waals surface area contributed by atoms with E-state index in [-0.39, 0.29) is 17.6 Å². The summed E-state index contributed by atoms with van der Waals surface area (Å²) in [6, 6.07) is 6.28. The van der Waals surface area contributed by atoms with Gasteiger partial charge >= 0.3 is 6.03 Å². The number of aromatic amines is 1. The minimum Gasteiger partial charge on any atom is -0.379 e. The summed E-state index contributed by atoms with van der Waals surface area (Å²) in [5.74, 6) is 0. The van der Waals surface area contributed by atoms with E-state index in [1.807, 2.05) is 17.9 Å². The third-order valence-corrected chi connectivity index (χ3v) is 6.74. The third-order valence-electron chi connectivity index (χ3n) is 6.74. The molecule has 1 aromatic heterocycles. The maximum atomic E-state index is 13.2. The van der Waals surface area contributed by atoms with Crippen LogP contribution in [0.3, 0.4) is 0 Å². The van der Waals surface area contributed by atoms with E-state index in [0.717, 1.165) is 67.7 Å². The largest absolute Gasteiger partial charge is 0.379 e. The van der Waals surface area contributed by atoms with Gasteiger partial charge < -0.3 is 19.9 Å². The molecule has 0 unspecified atom stereocenters. The molecule has 2 N–H and O–H groups in total. The van der Waals surface area contributed by atoms with E-state index in [4.69, 9.17) is 4.74 Å². The van der Waals surface area contributed by atoms with Crippen molar-refractivity contribution >= 4 is 16.9 Å². The Kier molecular flexibility index (Phi) is 7.48. The summed E-state index contributed by atoms with van der Waals surface area (Å²) in [4.78, 5) is 33.3. The Bertz CT molecular complexity index is 991. The molecule has 0 bridgehead atoms. The van der Waals surface area contributed by atoms with Crippen LogP contribution in [0.2, 0.25) is 0 Å². The summed E-state index contributed by atoms with van der Waals surface area (Å²) < 4.78 is 5.45. The van der Waals surface area contributed by atoms with Gasteiger partial charge in [-0.2, -0.15) is 0 Å². The van der Waals surface area contributed by atoms with Gasteiger partial charge in [0, 0.05) is 37.8 Å². The number of amides is 2. The van der Waals surface area contributed by atoms with Gasteiger partial charge in [-0.05, 0) is 49.8 Å². The number of H-pyrrole nitrogens is 1. The lowest BCUT2D eigenvalue weighted by atomic mass is 9.96. The van der Waals surface area contributed by atoms with Crippen LogP contribution in [0.1, 0.15) is 48.8 Å². The minimum atomic E-state index is -0.119. The van der Waals surface area contributed by atoms with Crippen molar-refractivity contribution in [1.29, 1.82) is 0 Å². The fraction of sp³-hybridized carbons (Fsp3) is 0.600. The maximum Gasteiger partial charge on any atom is 0.317 e. The van der Waals surface area contributed by atoms with E-state index in [1.165, 1.54) is 19.3 Å². The molecule has 7 heteroatoms. The number of carbonyl (C=O) groups is 1. The lowest BCUT2D eigenvalue weighted by Gasteiger charge is -2.32. The van der Waals surface area contributed by atoms with Crippen molar-refractivity contribution in [1.82, 2.24) is 20.1 Å². The van der Waals surface area contributed by atoms with Crippen LogP contribution in [0.15, 0.2) is 23.0 Å². The molecule has 32 heavy (non-hydrogen) atoms. The quantitative estimate of drug-likeness (QED) is 0.722. The first-order chi connectivity index (χ1) is 15.5. The fourth-order valence-corrected chi connectivity index (χ4v) is 4.91. The molecule has 174 valence electrons. The van der Waals surface area contributed by atoms with Crippen molar-refractivity contribution in [3.05, 3.63) is 45.2 Å². The van der Waals surface area contributed by atoms with E-state index in [9.17, 15) is 9.59 Å². The second-order valence-electron chi connectivity index (χ2n) is 9.33. The summed E-state index contributed by atoms with van der Waals surface area (Å²) in [6.07, 6.45) is 5.66. The molecule has 1 aromatic carbocycles. The Morgan fingerprint density at radius 1 is 1.16 bits per heavy atom. The number of rotatable bonds is 6. The van der Waals surface area contributed by atoms with Crippen LogP contribution in [-0.4, -0.2) is 66.2 Å². The molecule has 2 fully saturated rings. The zero-order valence-corrected chi connectivity index (χ0v) is 19.4. The highest BCUT2D eigenvalue weighted by molar-refractivity contribution is 5.83. The number of aryl methyl sites for hydroxylation is 2. The van der Waals surface area contributed by atoms with Gasteiger partial charge in [0.25, 0.3) is 5.56 Å². The van der Waals surface area contributed by atoms with E-state index >= 15 is 0 Å². The second kappa shape index (κ2) is 10.5. The normalized spacial score (nSPS) is 18.1. The van der Waals surface area contributed by atoms with Gasteiger partial charge in [-0.1, -0.05) is 30.9 Å². The molecule has 1 saturated heterocycles. The van der Waals surface area contributed by atoms with Crippen LogP contribution < -0.4 is 10.9 Å². The Balaban J connectivity index is 1.53. The lowest BCUT2D eigenvalue weighted by molar-refractivity contribution is 0.0345. The average molecular weight is 441 g/mol. The maximum absolute atomic E-state index is 13.2. The van der Waals surface area contributed by atoms with Gasteiger partial charge in [-0.25, -0.2) is 4.79 Å². The summed E-state index contributed by atoms with van der Waals surface area (Å²) in [5.41, 5.74) is 3.60. The van der Waals surface area contributed by atoms with E-state index in [1.54, 1.807) is 0 Å². The smallest absolute Gasteiger partial charge is 0.317 e. The number of urea groups is 1. The molecule has 0 spiro atoms. The molecule has 4 rings (SSSR count). The predicted molar refractivity (Wildman–Crippen MR) is 127 cm³/mol. The van der Waals surface area contributed by atoms with Gasteiger partial charge in [-0.15, -0.1) is 0 Å². The highest BCUT2D eigenvalue weighted by Gasteiger charge is 2.22. The molecule has 1 aliphatic carbocycles. The Morgan fingerprint density at radius 2 is 1.91 bits per heavy atom. The van der Waals surface area contributed by atoms with Gasteiger partial charge in [0.1, 0.15) is 0 Å². The van der Waals surface area contributed by atoms with Crippen LogP contribution in [-0.2, 0) is 11.3 Å². The first-order valence-electron chi connectivity index (χ1n) is 12.0. The zero-order chi connectivity index (χ0) is 22.5. The SMILES string of the molecule is Cc1cc(C)c2[nH]c(=O)c(CN(CCN3CCOCC3)C(=O)NC3CCCCC3)cc2c1. The summed E-state index contributed by atoms with van der Waals surface area (Å²) in [7, 11) is 0. The number of nitrogens with one attached hydrogen (secondary N) is 2. The Morgan fingerprint density at radius 3 is 2.66 bits per heavy atom. The topological polar surface area (TPSA) is 77.7 Å². The lowest BCUT2D eigenvalue weighted by Crippen LogP contribution is -2.49. The highest BCUT2D eigenvalue weighted by atomic mass is 16.5. The molecular formula is C25H36N4O3. The van der Waals surface area contributed by atoms with Gasteiger partial charge in [0.2, 0.25) is 0 Å². The highest BCUT2D eigenvalue weighted by Crippen LogP contribution is 2.20. The van der Waals surface area contributed by atoms with E-state index < -0.39 is 0 Å². The number of hydrogen-bond acceptors (Lipinski definition) is 4. The number of nitrogens with zero attached hydrogens (tertiary/aromatic N) is 2. The van der Waals surface area contributed by atoms with Crippen molar-refractivity contribution in [2.24, 2.45) is 0 Å². The molecule has 2 aromatic rings. The third kappa shape index (κ3) is 5.70.